The summed E-state index contributed by atoms with van der Waals surface area (Å²) in [6.45, 7) is 7.18. The summed E-state index contributed by atoms with van der Waals surface area (Å²) in [4.78, 5) is 34.7. The first kappa shape index (κ1) is 19.1. The zero-order valence-corrected chi connectivity index (χ0v) is 15.0. The summed E-state index contributed by atoms with van der Waals surface area (Å²) < 4.78 is 5.14. The largest absolute Gasteiger partial charge is 0.449 e. The van der Waals surface area contributed by atoms with Crippen molar-refractivity contribution < 1.29 is 19.2 Å². The first-order chi connectivity index (χ1) is 12.2. The first-order valence-electron chi connectivity index (χ1n) is 8.03. The zero-order valence-electron chi connectivity index (χ0n) is 15.0. The highest BCUT2D eigenvalue weighted by Gasteiger charge is 2.21. The third kappa shape index (κ3) is 4.44. The Bertz CT molecular complexity index is 853. The van der Waals surface area contributed by atoms with Crippen LogP contribution < -0.4 is 5.32 Å². The van der Waals surface area contributed by atoms with Gasteiger partial charge in [-0.25, -0.2) is 4.79 Å². The number of esters is 1. The maximum atomic E-state index is 12.3. The Balaban J connectivity index is 2.08. The number of carbonyl (C=O) groups is 2. The van der Waals surface area contributed by atoms with E-state index in [4.69, 9.17) is 4.74 Å². The van der Waals surface area contributed by atoms with Crippen LogP contribution in [0.15, 0.2) is 36.4 Å². The third-order valence-corrected chi connectivity index (χ3v) is 3.87. The second kappa shape index (κ2) is 7.77. The molecule has 2 aromatic carbocycles. The Kier molecular flexibility index (Phi) is 5.71. The highest BCUT2D eigenvalue weighted by molar-refractivity contribution is 5.98. The molecule has 0 saturated heterocycles. The molecule has 0 fully saturated rings. The number of nitrogens with one attached hydrogen (secondary N) is 1. The molecule has 26 heavy (non-hydrogen) atoms. The molecule has 1 amide bonds. The number of anilines is 1. The van der Waals surface area contributed by atoms with Crippen molar-refractivity contribution in [3.8, 4) is 0 Å². The Morgan fingerprint density at radius 1 is 1.12 bits per heavy atom. The van der Waals surface area contributed by atoms with Crippen LogP contribution in [0, 0.1) is 30.9 Å². The third-order valence-electron chi connectivity index (χ3n) is 3.87. The molecule has 0 aliphatic carbocycles. The summed E-state index contributed by atoms with van der Waals surface area (Å²) >= 11 is 0. The van der Waals surface area contributed by atoms with Crippen molar-refractivity contribution >= 4 is 23.3 Å². The van der Waals surface area contributed by atoms with E-state index in [1.165, 1.54) is 25.1 Å². The van der Waals surface area contributed by atoms with Crippen molar-refractivity contribution in [3.05, 3.63) is 68.8 Å². The predicted octanol–water partition coefficient (Wildman–Crippen LogP) is 3.70. The fourth-order valence-electron chi connectivity index (χ4n) is 2.63. The summed E-state index contributed by atoms with van der Waals surface area (Å²) in [5, 5.41) is 13.6. The lowest BCUT2D eigenvalue weighted by Crippen LogP contribution is -2.30. The van der Waals surface area contributed by atoms with E-state index in [0.717, 1.165) is 22.8 Å². The fourth-order valence-corrected chi connectivity index (χ4v) is 2.63. The minimum absolute atomic E-state index is 0.0153. The molecule has 0 spiro atoms. The van der Waals surface area contributed by atoms with Crippen molar-refractivity contribution in [2.24, 2.45) is 0 Å². The van der Waals surface area contributed by atoms with E-state index in [-0.39, 0.29) is 11.3 Å². The number of aryl methyl sites for hydroxylation is 3. The number of carbonyl (C=O) groups excluding carboxylic acids is 2. The molecule has 136 valence electrons. The maximum Gasteiger partial charge on any atom is 0.339 e. The number of nitro groups is 1. The molecule has 2 rings (SSSR count). The van der Waals surface area contributed by atoms with E-state index in [1.54, 1.807) is 0 Å². The van der Waals surface area contributed by atoms with Gasteiger partial charge in [0.2, 0.25) is 0 Å². The van der Waals surface area contributed by atoms with Gasteiger partial charge in [-0.15, -0.1) is 0 Å². The van der Waals surface area contributed by atoms with Gasteiger partial charge in [0.15, 0.2) is 6.10 Å². The quantitative estimate of drug-likeness (QED) is 0.500. The van der Waals surface area contributed by atoms with Crippen LogP contribution in [0.4, 0.5) is 11.4 Å². The topological polar surface area (TPSA) is 98.5 Å². The van der Waals surface area contributed by atoms with E-state index < -0.39 is 22.9 Å². The molecule has 1 unspecified atom stereocenters. The minimum atomic E-state index is -1.05. The van der Waals surface area contributed by atoms with Gasteiger partial charge in [0.25, 0.3) is 11.6 Å². The maximum absolute atomic E-state index is 12.3. The summed E-state index contributed by atoms with van der Waals surface area (Å²) in [7, 11) is 0. The Labute approximate surface area is 151 Å². The van der Waals surface area contributed by atoms with Gasteiger partial charge < -0.3 is 10.1 Å². The zero-order chi connectivity index (χ0) is 19.4. The number of ether oxygens (including phenoxy) is 1. The molecule has 0 saturated carbocycles. The monoisotopic (exact) mass is 356 g/mol. The normalized spacial score (nSPS) is 11.5. The molecule has 0 aromatic heterocycles. The van der Waals surface area contributed by atoms with Crippen molar-refractivity contribution in [2.45, 2.75) is 33.8 Å². The lowest BCUT2D eigenvalue weighted by atomic mass is 10.0. The molecule has 0 radical (unpaired) electrons. The van der Waals surface area contributed by atoms with Crippen LogP contribution in [0.3, 0.4) is 0 Å². The molecule has 7 nitrogen and oxygen atoms in total. The van der Waals surface area contributed by atoms with Crippen molar-refractivity contribution in [2.75, 3.05) is 5.32 Å². The average molecular weight is 356 g/mol. The van der Waals surface area contributed by atoms with Crippen LogP contribution >= 0.6 is 0 Å². The van der Waals surface area contributed by atoms with Crippen LogP contribution in [0.25, 0.3) is 0 Å². The molecule has 1 N–H and O–H groups in total. The molecule has 0 aliphatic rings. The summed E-state index contributed by atoms with van der Waals surface area (Å²) in [5.41, 5.74) is 3.38. The van der Waals surface area contributed by atoms with E-state index in [2.05, 4.69) is 5.32 Å². The number of rotatable bonds is 5. The number of hydrogen-bond donors (Lipinski definition) is 1. The molecular formula is C19H20N2O5. The lowest BCUT2D eigenvalue weighted by molar-refractivity contribution is -0.384. The average Bonchev–Trinajstić information content (AvgIpc) is 2.57. The molecule has 0 aliphatic heterocycles. The standard InChI is InChI=1S/C19H20N2O5/c1-11-8-12(2)17(13(3)9-11)20-18(22)14(4)26-19(23)15-6-5-7-16(10-15)21(24)25/h5-10,14H,1-4H3,(H,20,22). The second-order valence-corrected chi connectivity index (χ2v) is 6.12. The first-order valence-corrected chi connectivity index (χ1v) is 8.03. The Morgan fingerprint density at radius 2 is 1.73 bits per heavy atom. The number of nitro benzene ring substituents is 1. The van der Waals surface area contributed by atoms with E-state index in [1.807, 2.05) is 32.9 Å². The number of non-ortho nitro benzene ring substituents is 1. The van der Waals surface area contributed by atoms with Crippen molar-refractivity contribution in [3.63, 3.8) is 0 Å². The van der Waals surface area contributed by atoms with E-state index in [0.29, 0.717) is 5.69 Å². The number of amides is 1. The summed E-state index contributed by atoms with van der Waals surface area (Å²) in [6, 6.07) is 9.06. The number of benzene rings is 2. The molecule has 0 bridgehead atoms. The second-order valence-electron chi connectivity index (χ2n) is 6.12. The molecule has 0 heterocycles. The van der Waals surface area contributed by atoms with Gasteiger partial charge in [0.05, 0.1) is 10.5 Å². The summed E-state index contributed by atoms with van der Waals surface area (Å²) in [5.74, 6) is -1.27. The summed E-state index contributed by atoms with van der Waals surface area (Å²) in [6.07, 6.45) is -1.05. The molecular weight excluding hydrogens is 336 g/mol. The highest BCUT2D eigenvalue weighted by Crippen LogP contribution is 2.22. The van der Waals surface area contributed by atoms with Crippen molar-refractivity contribution in [1.29, 1.82) is 0 Å². The number of hydrogen-bond acceptors (Lipinski definition) is 5. The smallest absolute Gasteiger partial charge is 0.339 e. The Hall–Kier alpha value is -3.22. The van der Waals surface area contributed by atoms with Gasteiger partial charge in [0, 0.05) is 17.8 Å². The van der Waals surface area contributed by atoms with Gasteiger partial charge >= 0.3 is 5.97 Å². The highest BCUT2D eigenvalue weighted by atomic mass is 16.6. The van der Waals surface area contributed by atoms with E-state index >= 15 is 0 Å². The van der Waals surface area contributed by atoms with Gasteiger partial charge in [-0.05, 0) is 44.9 Å². The van der Waals surface area contributed by atoms with Gasteiger partial charge in [0.1, 0.15) is 0 Å². The van der Waals surface area contributed by atoms with Crippen LogP contribution in [-0.2, 0) is 9.53 Å². The van der Waals surface area contributed by atoms with Crippen molar-refractivity contribution in [1.82, 2.24) is 0 Å². The van der Waals surface area contributed by atoms with Gasteiger partial charge in [-0.3, -0.25) is 14.9 Å². The Morgan fingerprint density at radius 3 is 2.31 bits per heavy atom. The lowest BCUT2D eigenvalue weighted by Gasteiger charge is -2.17. The minimum Gasteiger partial charge on any atom is -0.449 e. The number of nitrogens with zero attached hydrogens (tertiary/aromatic N) is 1. The van der Waals surface area contributed by atoms with Crippen LogP contribution in [0.5, 0.6) is 0 Å². The SMILES string of the molecule is Cc1cc(C)c(NC(=O)C(C)OC(=O)c2cccc([N+](=O)[O-])c2)c(C)c1. The van der Waals surface area contributed by atoms with Gasteiger partial charge in [-0.1, -0.05) is 23.8 Å². The van der Waals surface area contributed by atoms with Crippen LogP contribution in [0.1, 0.15) is 34.0 Å². The molecule has 7 heteroatoms. The molecule has 2 aromatic rings. The predicted molar refractivity (Wildman–Crippen MR) is 97.3 cm³/mol. The van der Waals surface area contributed by atoms with E-state index in [9.17, 15) is 19.7 Å². The van der Waals surface area contributed by atoms with Gasteiger partial charge in [-0.2, -0.15) is 0 Å². The van der Waals surface area contributed by atoms with Crippen LogP contribution in [0.2, 0.25) is 0 Å². The van der Waals surface area contributed by atoms with Crippen LogP contribution in [-0.4, -0.2) is 22.9 Å². The fraction of sp³-hybridized carbons (Fsp3) is 0.263. The molecule has 1 atom stereocenters.